The molecule has 0 saturated carbocycles. The second-order valence-electron chi connectivity index (χ2n) is 4.04. The quantitative estimate of drug-likeness (QED) is 0.804. The molecule has 0 fully saturated rings. The van der Waals surface area contributed by atoms with E-state index in [2.05, 4.69) is 15.6 Å². The lowest BCUT2D eigenvalue weighted by molar-refractivity contribution is 0.194. The predicted octanol–water partition coefficient (Wildman–Crippen LogP) is 2.74. The van der Waals surface area contributed by atoms with Gasteiger partial charge in [0.2, 0.25) is 0 Å². The molecule has 1 heterocycles. The minimum Gasteiger partial charge on any atom is -0.465 e. The lowest BCUT2D eigenvalue weighted by atomic mass is 10.1. The van der Waals surface area contributed by atoms with Gasteiger partial charge in [-0.25, -0.2) is 9.78 Å². The highest BCUT2D eigenvalue weighted by atomic mass is 35.5. The van der Waals surface area contributed by atoms with Gasteiger partial charge in [0.1, 0.15) is 5.82 Å². The number of anilines is 1. The SMILES string of the molecule is CNc1nc2c(Cl)cccc2cc1CCNC(=O)O. The van der Waals surface area contributed by atoms with Gasteiger partial charge in [0.15, 0.2) is 0 Å². The number of carbonyl (C=O) groups is 1. The highest BCUT2D eigenvalue weighted by molar-refractivity contribution is 6.35. The van der Waals surface area contributed by atoms with Gasteiger partial charge in [0.05, 0.1) is 10.5 Å². The van der Waals surface area contributed by atoms with Crippen molar-refractivity contribution >= 4 is 34.4 Å². The van der Waals surface area contributed by atoms with Crippen LogP contribution in [0.3, 0.4) is 0 Å². The first-order valence-electron chi connectivity index (χ1n) is 5.84. The number of nitrogens with zero attached hydrogens (tertiary/aromatic N) is 1. The van der Waals surface area contributed by atoms with E-state index < -0.39 is 6.09 Å². The van der Waals surface area contributed by atoms with Crippen LogP contribution in [0.1, 0.15) is 5.56 Å². The van der Waals surface area contributed by atoms with Gasteiger partial charge >= 0.3 is 6.09 Å². The van der Waals surface area contributed by atoms with Crippen molar-refractivity contribution < 1.29 is 9.90 Å². The lowest BCUT2D eigenvalue weighted by Gasteiger charge is -2.10. The fraction of sp³-hybridized carbons (Fsp3) is 0.231. The molecule has 0 unspecified atom stereocenters. The standard InChI is InChI=1S/C13H14ClN3O2/c1-15-12-9(5-6-16-13(18)19)7-8-3-2-4-10(14)11(8)17-12/h2-4,7,16H,5-6H2,1H3,(H,15,17)(H,18,19). The normalized spacial score (nSPS) is 10.4. The molecule has 6 heteroatoms. The van der Waals surface area contributed by atoms with Crippen LogP contribution >= 0.6 is 11.6 Å². The highest BCUT2D eigenvalue weighted by Crippen LogP contribution is 2.26. The van der Waals surface area contributed by atoms with Crippen LogP contribution in [-0.4, -0.2) is 29.8 Å². The number of rotatable bonds is 4. The number of hydrogen-bond acceptors (Lipinski definition) is 3. The second kappa shape index (κ2) is 5.75. The van der Waals surface area contributed by atoms with Crippen molar-refractivity contribution in [3.8, 4) is 0 Å². The van der Waals surface area contributed by atoms with E-state index in [1.54, 1.807) is 13.1 Å². The number of hydrogen-bond donors (Lipinski definition) is 3. The van der Waals surface area contributed by atoms with Crippen LogP contribution in [0.2, 0.25) is 5.02 Å². The molecule has 0 aliphatic carbocycles. The van der Waals surface area contributed by atoms with Crippen LogP contribution in [0.25, 0.3) is 10.9 Å². The number of amides is 1. The van der Waals surface area contributed by atoms with Crippen molar-refractivity contribution in [3.63, 3.8) is 0 Å². The summed E-state index contributed by atoms with van der Waals surface area (Å²) >= 11 is 6.10. The maximum absolute atomic E-state index is 10.4. The van der Waals surface area contributed by atoms with Gasteiger partial charge in [-0.1, -0.05) is 23.7 Å². The molecule has 1 amide bonds. The number of nitrogens with one attached hydrogen (secondary N) is 2. The summed E-state index contributed by atoms with van der Waals surface area (Å²) in [6, 6.07) is 7.57. The Bertz CT molecular complexity index is 616. The predicted molar refractivity (Wildman–Crippen MR) is 76.0 cm³/mol. The molecule has 2 aromatic rings. The van der Waals surface area contributed by atoms with Crippen LogP contribution in [0, 0.1) is 0 Å². The number of halogens is 1. The van der Waals surface area contributed by atoms with Crippen LogP contribution < -0.4 is 10.6 Å². The molecule has 0 radical (unpaired) electrons. The minimum absolute atomic E-state index is 0.345. The Morgan fingerprint density at radius 1 is 1.47 bits per heavy atom. The zero-order valence-corrected chi connectivity index (χ0v) is 11.2. The van der Waals surface area contributed by atoms with Crippen molar-refractivity contribution in [1.29, 1.82) is 0 Å². The first-order valence-corrected chi connectivity index (χ1v) is 6.22. The number of fused-ring (bicyclic) bond motifs is 1. The van der Waals surface area contributed by atoms with Crippen LogP contribution in [0.4, 0.5) is 10.6 Å². The first kappa shape index (κ1) is 13.4. The molecule has 0 atom stereocenters. The van der Waals surface area contributed by atoms with E-state index in [-0.39, 0.29) is 0 Å². The molecule has 0 saturated heterocycles. The zero-order chi connectivity index (χ0) is 13.8. The molecule has 3 N–H and O–H groups in total. The van der Waals surface area contributed by atoms with E-state index in [1.165, 1.54) is 0 Å². The molecule has 1 aromatic carbocycles. The van der Waals surface area contributed by atoms with Crippen molar-refractivity contribution in [2.45, 2.75) is 6.42 Å². The van der Waals surface area contributed by atoms with Crippen molar-refractivity contribution in [1.82, 2.24) is 10.3 Å². The summed E-state index contributed by atoms with van der Waals surface area (Å²) in [5.41, 5.74) is 1.69. The van der Waals surface area contributed by atoms with Crippen LogP contribution in [0.15, 0.2) is 24.3 Å². The lowest BCUT2D eigenvalue weighted by Crippen LogP contribution is -2.23. The average Bonchev–Trinajstić information content (AvgIpc) is 2.38. The van der Waals surface area contributed by atoms with E-state index in [4.69, 9.17) is 16.7 Å². The summed E-state index contributed by atoms with van der Waals surface area (Å²) in [4.78, 5) is 14.9. The Morgan fingerprint density at radius 3 is 2.95 bits per heavy atom. The summed E-state index contributed by atoms with van der Waals surface area (Å²) in [7, 11) is 1.78. The van der Waals surface area contributed by atoms with Gasteiger partial charge in [-0.15, -0.1) is 0 Å². The number of aromatic nitrogens is 1. The van der Waals surface area contributed by atoms with Gasteiger partial charge in [0.25, 0.3) is 0 Å². The zero-order valence-electron chi connectivity index (χ0n) is 10.4. The van der Waals surface area contributed by atoms with Gasteiger partial charge in [-0.3, -0.25) is 0 Å². The molecular weight excluding hydrogens is 266 g/mol. The van der Waals surface area contributed by atoms with Crippen molar-refractivity contribution in [2.75, 3.05) is 18.9 Å². The molecule has 5 nitrogen and oxygen atoms in total. The molecule has 0 spiro atoms. The summed E-state index contributed by atoms with van der Waals surface area (Å²) in [5.74, 6) is 0.716. The Balaban J connectivity index is 2.34. The summed E-state index contributed by atoms with van der Waals surface area (Å²) < 4.78 is 0. The van der Waals surface area contributed by atoms with Crippen LogP contribution in [0.5, 0.6) is 0 Å². The molecule has 0 bridgehead atoms. The Morgan fingerprint density at radius 2 is 2.26 bits per heavy atom. The summed E-state index contributed by atoms with van der Waals surface area (Å²) in [6.45, 7) is 0.345. The van der Waals surface area contributed by atoms with E-state index >= 15 is 0 Å². The topological polar surface area (TPSA) is 74.2 Å². The Labute approximate surface area is 115 Å². The first-order chi connectivity index (χ1) is 9.11. The number of pyridine rings is 1. The summed E-state index contributed by atoms with van der Waals surface area (Å²) in [5, 5.41) is 15.5. The molecule has 1 aromatic heterocycles. The maximum atomic E-state index is 10.4. The number of para-hydroxylation sites is 1. The number of carboxylic acid groups (broad SMARTS) is 1. The molecular formula is C13H14ClN3O2. The molecule has 0 aliphatic heterocycles. The third-order valence-electron chi connectivity index (χ3n) is 2.78. The monoisotopic (exact) mass is 279 g/mol. The Hall–Kier alpha value is -2.01. The smallest absolute Gasteiger partial charge is 0.404 e. The third kappa shape index (κ3) is 3.06. The average molecular weight is 280 g/mol. The fourth-order valence-electron chi connectivity index (χ4n) is 1.92. The molecule has 2 rings (SSSR count). The molecule has 0 aliphatic rings. The maximum Gasteiger partial charge on any atom is 0.404 e. The van der Waals surface area contributed by atoms with Crippen molar-refractivity contribution in [3.05, 3.63) is 34.9 Å². The van der Waals surface area contributed by atoms with E-state index in [0.29, 0.717) is 23.8 Å². The molecule has 100 valence electrons. The molecule has 19 heavy (non-hydrogen) atoms. The Kier molecular flexibility index (Phi) is 4.06. The van der Waals surface area contributed by atoms with E-state index in [0.717, 1.165) is 16.5 Å². The van der Waals surface area contributed by atoms with Gasteiger partial charge in [-0.2, -0.15) is 0 Å². The third-order valence-corrected chi connectivity index (χ3v) is 3.09. The van der Waals surface area contributed by atoms with Gasteiger partial charge < -0.3 is 15.7 Å². The van der Waals surface area contributed by atoms with E-state index in [1.807, 2.05) is 18.2 Å². The number of benzene rings is 1. The fourth-order valence-corrected chi connectivity index (χ4v) is 2.14. The minimum atomic E-state index is -1.03. The second-order valence-corrected chi connectivity index (χ2v) is 4.45. The van der Waals surface area contributed by atoms with Crippen LogP contribution in [-0.2, 0) is 6.42 Å². The van der Waals surface area contributed by atoms with Gasteiger partial charge in [0, 0.05) is 19.0 Å². The van der Waals surface area contributed by atoms with E-state index in [9.17, 15) is 4.79 Å². The van der Waals surface area contributed by atoms with Gasteiger partial charge in [-0.05, 0) is 24.1 Å². The highest BCUT2D eigenvalue weighted by Gasteiger charge is 2.08. The largest absolute Gasteiger partial charge is 0.465 e. The van der Waals surface area contributed by atoms with Crippen molar-refractivity contribution in [2.24, 2.45) is 0 Å². The summed E-state index contributed by atoms with van der Waals surface area (Å²) in [6.07, 6.45) is -0.458.